The second-order valence-electron chi connectivity index (χ2n) is 12.6. The first-order valence-electron chi connectivity index (χ1n) is 16.6. The molecule has 5 aromatic rings. The molecule has 2 saturated heterocycles. The number of carbonyl (C=O) groups is 2. The molecule has 0 radical (unpaired) electrons. The fraction of sp³-hybridized carbons (Fsp3) is 0.297. The standard InChI is InChI=1S/C37H36Cl3N7O3/c1-50-37-20(16-41-17-21-9-14-31(48)43-21)8-11-28(47-37)26-7-3-5-24(34(26)39)23-4-2-6-25(33(23)38)27-12-13-29-36(46-27)35(40)30(45-29)19-42-18-22-10-15-32(49)44-22/h2-8,11-13,21-22,41-42,45H,9-10,14-19H2,1H3,(H,43,48)(H,44,49)/t21-,22-/m1/s1. The van der Waals surface area contributed by atoms with Crippen LogP contribution in [0.25, 0.3) is 44.7 Å². The van der Waals surface area contributed by atoms with Crippen molar-refractivity contribution in [3.63, 3.8) is 0 Å². The number of amides is 2. The van der Waals surface area contributed by atoms with Gasteiger partial charge in [0.1, 0.15) is 5.52 Å². The summed E-state index contributed by atoms with van der Waals surface area (Å²) in [5, 5.41) is 14.3. The maximum absolute atomic E-state index is 11.5. The van der Waals surface area contributed by atoms with Crippen LogP contribution in [-0.4, -0.2) is 59.0 Å². The van der Waals surface area contributed by atoms with Crippen LogP contribution in [0.2, 0.25) is 15.1 Å². The van der Waals surface area contributed by atoms with Crippen LogP contribution in [0.15, 0.2) is 60.7 Å². The van der Waals surface area contributed by atoms with E-state index in [0.29, 0.717) is 76.9 Å². The summed E-state index contributed by atoms with van der Waals surface area (Å²) in [6, 6.07) is 19.6. The Hall–Kier alpha value is -4.19. The molecule has 0 saturated carbocycles. The van der Waals surface area contributed by atoms with Gasteiger partial charge in [0.2, 0.25) is 17.7 Å². The van der Waals surface area contributed by atoms with Gasteiger partial charge in [-0.2, -0.15) is 0 Å². The van der Waals surface area contributed by atoms with Crippen LogP contribution in [0, 0.1) is 0 Å². The lowest BCUT2D eigenvalue weighted by Crippen LogP contribution is -2.35. The van der Waals surface area contributed by atoms with Gasteiger partial charge in [0, 0.05) is 78.9 Å². The van der Waals surface area contributed by atoms with Gasteiger partial charge in [-0.1, -0.05) is 77.3 Å². The summed E-state index contributed by atoms with van der Waals surface area (Å²) in [5.41, 5.74) is 7.55. The van der Waals surface area contributed by atoms with Gasteiger partial charge < -0.3 is 31.0 Å². The van der Waals surface area contributed by atoms with Crippen molar-refractivity contribution >= 4 is 57.7 Å². The van der Waals surface area contributed by atoms with E-state index in [1.54, 1.807) is 7.11 Å². The number of nitrogens with one attached hydrogen (secondary N) is 5. The number of rotatable bonds is 12. The van der Waals surface area contributed by atoms with Gasteiger partial charge >= 0.3 is 0 Å². The first kappa shape index (κ1) is 34.3. The van der Waals surface area contributed by atoms with Crippen molar-refractivity contribution in [2.45, 2.75) is 50.9 Å². The molecule has 2 fully saturated rings. The second-order valence-corrected chi connectivity index (χ2v) is 13.7. The maximum atomic E-state index is 11.5. The number of aromatic amines is 1. The zero-order valence-electron chi connectivity index (χ0n) is 27.3. The highest BCUT2D eigenvalue weighted by Gasteiger charge is 2.22. The monoisotopic (exact) mass is 731 g/mol. The van der Waals surface area contributed by atoms with Crippen molar-refractivity contribution in [2.75, 3.05) is 20.2 Å². The molecule has 2 aliphatic heterocycles. The number of halogens is 3. The number of pyridine rings is 2. The SMILES string of the molecule is COc1nc(-c2cccc(-c3cccc(-c4ccc5[nH]c(CNC[C@H]6CCC(=O)N6)c(Cl)c5n4)c3Cl)c2Cl)ccc1CNC[C@H]1CCC(=O)N1. The maximum Gasteiger partial charge on any atom is 0.220 e. The fourth-order valence-corrected chi connectivity index (χ4v) is 7.49. The Labute approximate surface area is 304 Å². The summed E-state index contributed by atoms with van der Waals surface area (Å²) in [7, 11) is 1.60. The molecule has 5 heterocycles. The molecule has 5 N–H and O–H groups in total. The van der Waals surface area contributed by atoms with E-state index in [9.17, 15) is 9.59 Å². The van der Waals surface area contributed by atoms with E-state index in [1.165, 1.54) is 0 Å². The molecule has 258 valence electrons. The lowest BCUT2D eigenvalue weighted by Gasteiger charge is -2.15. The highest BCUT2D eigenvalue weighted by Crippen LogP contribution is 2.42. The molecular formula is C37H36Cl3N7O3. The third-order valence-corrected chi connectivity index (χ3v) is 10.4. The molecule has 3 aromatic heterocycles. The van der Waals surface area contributed by atoms with Gasteiger partial charge in [0.15, 0.2) is 0 Å². The Morgan fingerprint density at radius 1 is 0.720 bits per heavy atom. The highest BCUT2D eigenvalue weighted by atomic mass is 35.5. The summed E-state index contributed by atoms with van der Waals surface area (Å²) >= 11 is 21.0. The average molecular weight is 733 g/mol. The van der Waals surface area contributed by atoms with Crippen molar-refractivity contribution in [1.29, 1.82) is 0 Å². The zero-order chi connectivity index (χ0) is 34.8. The number of carbonyl (C=O) groups excluding carboxylic acids is 2. The first-order valence-corrected chi connectivity index (χ1v) is 17.7. The second kappa shape index (κ2) is 15.0. The predicted molar refractivity (Wildman–Crippen MR) is 198 cm³/mol. The lowest BCUT2D eigenvalue weighted by molar-refractivity contribution is -0.120. The fourth-order valence-electron chi connectivity index (χ4n) is 6.58. The number of methoxy groups -OCH3 is 1. The largest absolute Gasteiger partial charge is 0.481 e. The third kappa shape index (κ3) is 7.17. The van der Waals surface area contributed by atoms with Crippen LogP contribution >= 0.6 is 34.8 Å². The molecule has 0 aliphatic carbocycles. The van der Waals surface area contributed by atoms with E-state index in [1.807, 2.05) is 60.7 Å². The minimum absolute atomic E-state index is 0.0935. The van der Waals surface area contributed by atoms with Crippen molar-refractivity contribution in [2.24, 2.45) is 0 Å². The Morgan fingerprint density at radius 3 is 1.86 bits per heavy atom. The van der Waals surface area contributed by atoms with Crippen molar-refractivity contribution in [1.82, 2.24) is 36.2 Å². The number of ether oxygens (including phenoxy) is 1. The number of hydrogen-bond acceptors (Lipinski definition) is 7. The minimum Gasteiger partial charge on any atom is -0.481 e. The average Bonchev–Trinajstić information content (AvgIpc) is 3.83. The van der Waals surface area contributed by atoms with Crippen LogP contribution < -0.4 is 26.0 Å². The van der Waals surface area contributed by atoms with Gasteiger partial charge in [0.05, 0.1) is 44.8 Å². The Bertz CT molecular complexity index is 2090. The normalized spacial score (nSPS) is 17.4. The quantitative estimate of drug-likeness (QED) is 0.0969. The van der Waals surface area contributed by atoms with Gasteiger partial charge in [-0.25, -0.2) is 9.97 Å². The number of hydrogen-bond donors (Lipinski definition) is 5. The van der Waals surface area contributed by atoms with E-state index in [0.717, 1.165) is 51.9 Å². The topological polar surface area (TPSA) is 133 Å². The van der Waals surface area contributed by atoms with E-state index >= 15 is 0 Å². The van der Waals surface area contributed by atoms with Crippen LogP contribution in [0.4, 0.5) is 0 Å². The van der Waals surface area contributed by atoms with Crippen LogP contribution in [0.1, 0.15) is 36.9 Å². The minimum atomic E-state index is 0.0935. The molecule has 0 unspecified atom stereocenters. The van der Waals surface area contributed by atoms with Gasteiger partial charge in [-0.15, -0.1) is 0 Å². The predicted octanol–water partition coefficient (Wildman–Crippen LogP) is 6.66. The van der Waals surface area contributed by atoms with Crippen molar-refractivity contribution in [3.8, 4) is 39.5 Å². The number of fused-ring (bicyclic) bond motifs is 1. The van der Waals surface area contributed by atoms with Crippen LogP contribution in [0.5, 0.6) is 5.88 Å². The van der Waals surface area contributed by atoms with Gasteiger partial charge in [-0.05, 0) is 31.0 Å². The van der Waals surface area contributed by atoms with Crippen molar-refractivity contribution in [3.05, 3.63) is 87.0 Å². The molecule has 0 spiro atoms. The Kier molecular flexibility index (Phi) is 10.3. The summed E-state index contributed by atoms with van der Waals surface area (Å²) < 4.78 is 5.65. The number of nitrogens with zero attached hydrogens (tertiary/aromatic N) is 2. The summed E-state index contributed by atoms with van der Waals surface area (Å²) in [6.07, 6.45) is 2.80. The first-order chi connectivity index (χ1) is 24.3. The van der Waals surface area contributed by atoms with E-state index in [4.69, 9.17) is 49.5 Å². The van der Waals surface area contributed by atoms with Crippen molar-refractivity contribution < 1.29 is 14.3 Å². The zero-order valence-corrected chi connectivity index (χ0v) is 29.6. The van der Waals surface area contributed by atoms with E-state index in [2.05, 4.69) is 26.3 Å². The number of H-pyrrole nitrogens is 1. The number of aromatic nitrogens is 3. The molecule has 2 aliphatic rings. The van der Waals surface area contributed by atoms with E-state index < -0.39 is 0 Å². The summed E-state index contributed by atoms with van der Waals surface area (Å²) in [5.74, 6) is 0.688. The molecular weight excluding hydrogens is 697 g/mol. The molecule has 0 bridgehead atoms. The molecule has 7 rings (SSSR count). The van der Waals surface area contributed by atoms with Gasteiger partial charge in [-0.3, -0.25) is 9.59 Å². The summed E-state index contributed by atoms with van der Waals surface area (Å²) in [4.78, 5) is 36.1. The molecule has 2 atom stereocenters. The van der Waals surface area contributed by atoms with Gasteiger partial charge in [0.25, 0.3) is 0 Å². The Morgan fingerprint density at radius 2 is 1.28 bits per heavy atom. The van der Waals surface area contributed by atoms with Crippen LogP contribution in [0.3, 0.4) is 0 Å². The van der Waals surface area contributed by atoms with Crippen LogP contribution in [-0.2, 0) is 22.7 Å². The molecule has 2 aromatic carbocycles. The molecule has 13 heteroatoms. The van der Waals surface area contributed by atoms with E-state index in [-0.39, 0.29) is 23.9 Å². The molecule has 50 heavy (non-hydrogen) atoms. The summed E-state index contributed by atoms with van der Waals surface area (Å²) in [6.45, 7) is 2.40. The Balaban J connectivity index is 1.11. The molecule has 10 nitrogen and oxygen atoms in total. The lowest BCUT2D eigenvalue weighted by atomic mass is 9.98. The molecule has 2 amide bonds. The number of benzene rings is 2. The highest BCUT2D eigenvalue weighted by molar-refractivity contribution is 6.39. The smallest absolute Gasteiger partial charge is 0.220 e. The third-order valence-electron chi connectivity index (χ3n) is 9.19.